The minimum atomic E-state index is -3.65. The van der Waals surface area contributed by atoms with Gasteiger partial charge >= 0.3 is 0 Å². The SMILES string of the molecule is Cc1cc(CNC(=O)c2cc(C(=O)NC3CN(S(C)(=O)=O)c4cc(C#N)ccc43)ncn2)ccc1F. The number of aryl methyl sites for hydroxylation is 1. The molecule has 0 fully saturated rings. The summed E-state index contributed by atoms with van der Waals surface area (Å²) in [6.07, 6.45) is 2.12. The number of benzene rings is 2. The predicted octanol–water partition coefficient (Wildman–Crippen LogP) is 1.98. The molecular weight excluding hydrogens is 487 g/mol. The number of fused-ring (bicyclic) bond motifs is 1. The van der Waals surface area contributed by atoms with Crippen molar-refractivity contribution in [2.45, 2.75) is 19.5 Å². The summed E-state index contributed by atoms with van der Waals surface area (Å²) in [5.74, 6) is -1.52. The summed E-state index contributed by atoms with van der Waals surface area (Å²) in [4.78, 5) is 33.3. The second kappa shape index (κ2) is 9.71. The maximum atomic E-state index is 13.4. The number of rotatable bonds is 6. The Morgan fingerprint density at radius 3 is 2.53 bits per heavy atom. The van der Waals surface area contributed by atoms with E-state index in [2.05, 4.69) is 20.6 Å². The van der Waals surface area contributed by atoms with Crippen molar-refractivity contribution in [3.8, 4) is 6.07 Å². The molecule has 1 aromatic heterocycles. The zero-order chi connectivity index (χ0) is 26.0. The molecule has 0 saturated heterocycles. The number of hydrogen-bond acceptors (Lipinski definition) is 7. The molecule has 184 valence electrons. The van der Waals surface area contributed by atoms with Gasteiger partial charge in [-0.3, -0.25) is 13.9 Å². The molecule has 0 saturated carbocycles. The number of nitriles is 1. The zero-order valence-corrected chi connectivity index (χ0v) is 20.1. The highest BCUT2D eigenvalue weighted by atomic mass is 32.2. The van der Waals surface area contributed by atoms with Crippen molar-refractivity contribution in [2.75, 3.05) is 17.1 Å². The van der Waals surface area contributed by atoms with Crippen LogP contribution in [0.15, 0.2) is 48.8 Å². The number of sulfonamides is 1. The van der Waals surface area contributed by atoms with Gasteiger partial charge in [-0.25, -0.2) is 22.8 Å². The lowest BCUT2D eigenvalue weighted by molar-refractivity contribution is 0.0934. The van der Waals surface area contributed by atoms with E-state index >= 15 is 0 Å². The van der Waals surface area contributed by atoms with E-state index in [-0.39, 0.29) is 35.9 Å². The van der Waals surface area contributed by atoms with Gasteiger partial charge in [-0.05, 0) is 36.2 Å². The number of aromatic nitrogens is 2. The third-order valence-corrected chi connectivity index (χ3v) is 6.81. The molecule has 3 aromatic rings. The molecule has 2 N–H and O–H groups in total. The molecule has 1 aliphatic rings. The third-order valence-electron chi connectivity index (χ3n) is 5.67. The first kappa shape index (κ1) is 24.7. The van der Waals surface area contributed by atoms with Crippen molar-refractivity contribution in [1.82, 2.24) is 20.6 Å². The number of hydrogen-bond donors (Lipinski definition) is 2. The first-order valence-corrected chi connectivity index (χ1v) is 12.6. The summed E-state index contributed by atoms with van der Waals surface area (Å²) in [5.41, 5.74) is 2.17. The molecule has 2 amide bonds. The van der Waals surface area contributed by atoms with Gasteiger partial charge < -0.3 is 10.6 Å². The predicted molar refractivity (Wildman–Crippen MR) is 128 cm³/mol. The van der Waals surface area contributed by atoms with Crippen LogP contribution in [0.2, 0.25) is 0 Å². The molecule has 1 atom stereocenters. The Labute approximate surface area is 206 Å². The molecule has 1 unspecified atom stereocenters. The fourth-order valence-corrected chi connectivity index (χ4v) is 4.79. The monoisotopic (exact) mass is 508 g/mol. The van der Waals surface area contributed by atoms with E-state index in [0.29, 0.717) is 22.4 Å². The summed E-state index contributed by atoms with van der Waals surface area (Å²) in [6.45, 7) is 1.71. The Morgan fingerprint density at radius 1 is 1.14 bits per heavy atom. The molecule has 2 aromatic carbocycles. The highest BCUT2D eigenvalue weighted by molar-refractivity contribution is 7.92. The number of nitrogens with one attached hydrogen (secondary N) is 2. The molecule has 0 bridgehead atoms. The topological polar surface area (TPSA) is 145 Å². The van der Waals surface area contributed by atoms with Crippen LogP contribution >= 0.6 is 0 Å². The van der Waals surface area contributed by atoms with Gasteiger partial charge in [0.15, 0.2) is 0 Å². The van der Waals surface area contributed by atoms with Crippen LogP contribution in [0.5, 0.6) is 0 Å². The van der Waals surface area contributed by atoms with Gasteiger partial charge in [0.1, 0.15) is 23.5 Å². The van der Waals surface area contributed by atoms with E-state index in [1.807, 2.05) is 6.07 Å². The van der Waals surface area contributed by atoms with Crippen molar-refractivity contribution in [1.29, 1.82) is 5.26 Å². The van der Waals surface area contributed by atoms with Crippen molar-refractivity contribution in [3.05, 3.63) is 88.3 Å². The molecule has 36 heavy (non-hydrogen) atoms. The molecule has 1 aliphatic heterocycles. The molecule has 2 heterocycles. The van der Waals surface area contributed by atoms with E-state index in [1.54, 1.807) is 31.2 Å². The van der Waals surface area contributed by atoms with Gasteiger partial charge in [-0.2, -0.15) is 5.26 Å². The Morgan fingerprint density at radius 2 is 1.86 bits per heavy atom. The number of carbonyl (C=O) groups is 2. The van der Waals surface area contributed by atoms with E-state index < -0.39 is 27.9 Å². The van der Waals surface area contributed by atoms with Gasteiger partial charge in [-0.15, -0.1) is 0 Å². The molecular formula is C24H21FN6O4S. The van der Waals surface area contributed by atoms with Crippen LogP contribution in [0.4, 0.5) is 10.1 Å². The molecule has 12 heteroatoms. The van der Waals surface area contributed by atoms with Crippen molar-refractivity contribution in [3.63, 3.8) is 0 Å². The minimum absolute atomic E-state index is 0.0442. The number of nitrogens with zero attached hydrogens (tertiary/aromatic N) is 4. The smallest absolute Gasteiger partial charge is 0.270 e. The summed E-state index contributed by atoms with van der Waals surface area (Å²) < 4.78 is 39.1. The van der Waals surface area contributed by atoms with Crippen LogP contribution in [-0.4, -0.2) is 43.0 Å². The maximum absolute atomic E-state index is 13.4. The lowest BCUT2D eigenvalue weighted by Gasteiger charge is -2.17. The Balaban J connectivity index is 1.49. The molecule has 4 rings (SSSR count). The summed E-state index contributed by atoms with van der Waals surface area (Å²) in [6, 6.07) is 11.6. The van der Waals surface area contributed by atoms with Crippen molar-refractivity contribution >= 4 is 27.5 Å². The highest BCUT2D eigenvalue weighted by Crippen LogP contribution is 2.37. The average Bonchev–Trinajstić information content (AvgIpc) is 3.22. The number of carbonyl (C=O) groups excluding carboxylic acids is 2. The first-order valence-electron chi connectivity index (χ1n) is 10.7. The van der Waals surface area contributed by atoms with Gasteiger partial charge in [0.2, 0.25) is 10.0 Å². The van der Waals surface area contributed by atoms with Crippen LogP contribution < -0.4 is 14.9 Å². The number of halogens is 1. The van der Waals surface area contributed by atoms with Gasteiger partial charge in [-0.1, -0.05) is 18.2 Å². The van der Waals surface area contributed by atoms with E-state index in [1.165, 1.54) is 18.2 Å². The van der Waals surface area contributed by atoms with Crippen LogP contribution in [0, 0.1) is 24.1 Å². The number of anilines is 1. The Bertz CT molecular complexity index is 1520. The number of amides is 2. The lowest BCUT2D eigenvalue weighted by Crippen LogP contribution is -2.35. The fraction of sp³-hybridized carbons (Fsp3) is 0.208. The van der Waals surface area contributed by atoms with Gasteiger partial charge in [0.25, 0.3) is 11.8 Å². The highest BCUT2D eigenvalue weighted by Gasteiger charge is 2.35. The van der Waals surface area contributed by atoms with Gasteiger partial charge in [0, 0.05) is 18.2 Å². The summed E-state index contributed by atoms with van der Waals surface area (Å²) in [7, 11) is -3.65. The van der Waals surface area contributed by atoms with Gasteiger partial charge in [0.05, 0.1) is 36.2 Å². The fourth-order valence-electron chi connectivity index (χ4n) is 3.85. The molecule has 0 spiro atoms. The molecule has 0 radical (unpaired) electrons. The Hall–Kier alpha value is -4.37. The first-order chi connectivity index (χ1) is 17.1. The van der Waals surface area contributed by atoms with E-state index in [4.69, 9.17) is 5.26 Å². The van der Waals surface area contributed by atoms with Crippen LogP contribution in [0.3, 0.4) is 0 Å². The van der Waals surface area contributed by atoms with Crippen molar-refractivity contribution in [2.24, 2.45) is 0 Å². The quantitative estimate of drug-likeness (QED) is 0.518. The molecule has 0 aliphatic carbocycles. The average molecular weight is 509 g/mol. The third kappa shape index (κ3) is 5.16. The van der Waals surface area contributed by atoms with Crippen molar-refractivity contribution < 1.29 is 22.4 Å². The standard InChI is InChI=1S/C24H21FN6O4S/c1-14-7-16(4-6-18(14)25)11-27-23(32)19-9-20(29-13-28-19)24(33)30-21-12-31(36(2,34)35)22-8-15(10-26)3-5-17(21)22/h3-9,13,21H,11-12H2,1-2H3,(H,27,32)(H,30,33). The van der Waals surface area contributed by atoms with Crippen LogP contribution in [0.25, 0.3) is 0 Å². The van der Waals surface area contributed by atoms with E-state index in [0.717, 1.165) is 16.9 Å². The minimum Gasteiger partial charge on any atom is -0.347 e. The van der Waals surface area contributed by atoms with Crippen LogP contribution in [-0.2, 0) is 16.6 Å². The van der Waals surface area contributed by atoms with Crippen LogP contribution in [0.1, 0.15) is 49.3 Å². The largest absolute Gasteiger partial charge is 0.347 e. The second-order valence-corrected chi connectivity index (χ2v) is 10.2. The summed E-state index contributed by atoms with van der Waals surface area (Å²) >= 11 is 0. The summed E-state index contributed by atoms with van der Waals surface area (Å²) in [5, 5.41) is 14.6. The Kier molecular flexibility index (Phi) is 6.67. The lowest BCUT2D eigenvalue weighted by atomic mass is 10.1. The second-order valence-electron chi connectivity index (χ2n) is 8.26. The zero-order valence-electron chi connectivity index (χ0n) is 19.3. The normalized spacial score (nSPS) is 14.6. The molecule has 10 nitrogen and oxygen atoms in total. The maximum Gasteiger partial charge on any atom is 0.270 e. The van der Waals surface area contributed by atoms with E-state index in [9.17, 15) is 22.4 Å².